The topological polar surface area (TPSA) is 82.8 Å². The average molecular weight is 442 g/mol. The number of aromatic nitrogens is 1. The number of hydrogen-bond donors (Lipinski definition) is 1. The van der Waals surface area contributed by atoms with Crippen molar-refractivity contribution in [3.8, 4) is 10.6 Å². The third-order valence-corrected chi connectivity index (χ3v) is 7.25. The average Bonchev–Trinajstić information content (AvgIpc) is 3.24. The number of likely N-dealkylation sites (tertiary alicyclic amines) is 1. The van der Waals surface area contributed by atoms with Crippen LogP contribution in [0.2, 0.25) is 0 Å². The SMILES string of the molecule is CN1CCN(Cc2cccc(-c3nc(CC(=O)N4CCC(C(N)=O)CC4)cs3)c2)CC1. The van der Waals surface area contributed by atoms with Crippen molar-refractivity contribution in [3.63, 3.8) is 0 Å². The number of nitrogens with zero attached hydrogens (tertiary/aromatic N) is 4. The molecule has 1 aromatic carbocycles. The molecular weight excluding hydrogens is 410 g/mol. The molecule has 8 heteroatoms. The number of thiazole rings is 1. The van der Waals surface area contributed by atoms with E-state index in [1.807, 2.05) is 10.3 Å². The van der Waals surface area contributed by atoms with Gasteiger partial charge in [-0.15, -0.1) is 11.3 Å². The molecule has 0 saturated carbocycles. The number of rotatable bonds is 6. The van der Waals surface area contributed by atoms with E-state index in [-0.39, 0.29) is 17.7 Å². The first-order valence-corrected chi connectivity index (χ1v) is 11.9. The van der Waals surface area contributed by atoms with Crippen molar-refractivity contribution < 1.29 is 9.59 Å². The lowest BCUT2D eigenvalue weighted by Gasteiger charge is -2.32. The van der Waals surface area contributed by atoms with Crippen molar-refractivity contribution in [2.45, 2.75) is 25.8 Å². The largest absolute Gasteiger partial charge is 0.369 e. The Kier molecular flexibility index (Phi) is 6.99. The van der Waals surface area contributed by atoms with E-state index in [0.717, 1.165) is 49.0 Å². The van der Waals surface area contributed by atoms with Crippen LogP contribution < -0.4 is 5.73 Å². The van der Waals surface area contributed by atoms with Gasteiger partial charge in [-0.2, -0.15) is 0 Å². The van der Waals surface area contributed by atoms with E-state index >= 15 is 0 Å². The Labute approximate surface area is 187 Å². The molecule has 2 aromatic rings. The highest BCUT2D eigenvalue weighted by atomic mass is 32.1. The van der Waals surface area contributed by atoms with Gasteiger partial charge in [0.2, 0.25) is 11.8 Å². The van der Waals surface area contributed by atoms with Crippen molar-refractivity contribution in [3.05, 3.63) is 40.9 Å². The molecule has 0 spiro atoms. The molecular formula is C23H31N5O2S. The maximum Gasteiger partial charge on any atom is 0.228 e. The lowest BCUT2D eigenvalue weighted by atomic mass is 9.96. The smallest absolute Gasteiger partial charge is 0.228 e. The van der Waals surface area contributed by atoms with E-state index in [1.165, 1.54) is 5.56 Å². The molecule has 166 valence electrons. The van der Waals surface area contributed by atoms with Crippen molar-refractivity contribution in [2.24, 2.45) is 11.7 Å². The number of benzene rings is 1. The standard InChI is InChI=1S/C23H31N5O2S/c1-26-9-11-27(12-10-26)15-17-3-2-4-19(13-17)23-25-20(16-31-23)14-21(29)28-7-5-18(6-8-28)22(24)30/h2-4,13,16,18H,5-12,14-15H2,1H3,(H2,24,30). The number of amides is 2. The van der Waals surface area contributed by atoms with Gasteiger partial charge in [-0.3, -0.25) is 14.5 Å². The van der Waals surface area contributed by atoms with Gasteiger partial charge in [-0.25, -0.2) is 4.98 Å². The number of piperidine rings is 1. The number of nitrogens with two attached hydrogens (primary N) is 1. The Morgan fingerprint density at radius 1 is 1.13 bits per heavy atom. The fourth-order valence-electron chi connectivity index (χ4n) is 4.27. The van der Waals surface area contributed by atoms with Crippen LogP contribution in [0.1, 0.15) is 24.1 Å². The van der Waals surface area contributed by atoms with Gasteiger partial charge in [0.05, 0.1) is 12.1 Å². The summed E-state index contributed by atoms with van der Waals surface area (Å²) in [4.78, 5) is 35.4. The van der Waals surface area contributed by atoms with Crippen LogP contribution in [0, 0.1) is 5.92 Å². The predicted molar refractivity (Wildman–Crippen MR) is 123 cm³/mol. The Bertz CT molecular complexity index is 914. The molecule has 2 N–H and O–H groups in total. The number of likely N-dealkylation sites (N-methyl/N-ethyl adjacent to an activating group) is 1. The molecule has 0 atom stereocenters. The summed E-state index contributed by atoms with van der Waals surface area (Å²) >= 11 is 1.59. The lowest BCUT2D eigenvalue weighted by Crippen LogP contribution is -2.43. The van der Waals surface area contributed by atoms with Crippen LogP contribution >= 0.6 is 11.3 Å². The molecule has 31 heavy (non-hydrogen) atoms. The maximum absolute atomic E-state index is 12.7. The zero-order chi connectivity index (χ0) is 21.8. The zero-order valence-corrected chi connectivity index (χ0v) is 18.9. The van der Waals surface area contributed by atoms with Gasteiger partial charge in [0.15, 0.2) is 0 Å². The van der Waals surface area contributed by atoms with Crippen LogP contribution in [0.15, 0.2) is 29.6 Å². The summed E-state index contributed by atoms with van der Waals surface area (Å²) in [6, 6.07) is 8.58. The fraction of sp³-hybridized carbons (Fsp3) is 0.522. The number of hydrogen-bond acceptors (Lipinski definition) is 6. The molecule has 0 aliphatic carbocycles. The minimum Gasteiger partial charge on any atom is -0.369 e. The molecule has 4 rings (SSSR count). The Hall–Kier alpha value is -2.29. The van der Waals surface area contributed by atoms with Crippen molar-refractivity contribution >= 4 is 23.2 Å². The van der Waals surface area contributed by atoms with Crippen LogP contribution in [0.5, 0.6) is 0 Å². The van der Waals surface area contributed by atoms with Crippen LogP contribution in [-0.2, 0) is 22.6 Å². The van der Waals surface area contributed by atoms with E-state index in [1.54, 1.807) is 11.3 Å². The summed E-state index contributed by atoms with van der Waals surface area (Å²) in [5.41, 5.74) is 8.60. The van der Waals surface area contributed by atoms with Crippen molar-refractivity contribution in [2.75, 3.05) is 46.3 Å². The Balaban J connectivity index is 1.34. The second-order valence-electron chi connectivity index (χ2n) is 8.66. The monoisotopic (exact) mass is 441 g/mol. The molecule has 0 radical (unpaired) electrons. The third kappa shape index (κ3) is 5.70. The molecule has 0 unspecified atom stereocenters. The second kappa shape index (κ2) is 9.89. The molecule has 2 aliphatic rings. The quantitative estimate of drug-likeness (QED) is 0.740. The molecule has 7 nitrogen and oxygen atoms in total. The zero-order valence-electron chi connectivity index (χ0n) is 18.1. The van der Waals surface area contributed by atoms with Crippen LogP contribution in [0.3, 0.4) is 0 Å². The van der Waals surface area contributed by atoms with Gasteiger partial charge in [0.1, 0.15) is 5.01 Å². The van der Waals surface area contributed by atoms with Crippen LogP contribution in [0.25, 0.3) is 10.6 Å². The first kappa shape index (κ1) is 21.9. The summed E-state index contributed by atoms with van der Waals surface area (Å²) < 4.78 is 0. The highest BCUT2D eigenvalue weighted by molar-refractivity contribution is 7.13. The van der Waals surface area contributed by atoms with Crippen LogP contribution in [-0.4, -0.2) is 77.8 Å². The van der Waals surface area contributed by atoms with Crippen molar-refractivity contribution in [1.29, 1.82) is 0 Å². The summed E-state index contributed by atoms with van der Waals surface area (Å²) in [5.74, 6) is -0.289. The van der Waals surface area contributed by atoms with E-state index in [4.69, 9.17) is 10.7 Å². The minimum absolute atomic E-state index is 0.0728. The maximum atomic E-state index is 12.7. The lowest BCUT2D eigenvalue weighted by molar-refractivity contribution is -0.134. The first-order chi connectivity index (χ1) is 15.0. The first-order valence-electron chi connectivity index (χ1n) is 11.0. The second-order valence-corrected chi connectivity index (χ2v) is 9.52. The van der Waals surface area contributed by atoms with Gasteiger partial charge in [0, 0.05) is 62.7 Å². The van der Waals surface area contributed by atoms with Crippen LogP contribution in [0.4, 0.5) is 0 Å². The van der Waals surface area contributed by atoms with E-state index in [9.17, 15) is 9.59 Å². The van der Waals surface area contributed by atoms with E-state index in [2.05, 4.69) is 41.1 Å². The molecule has 2 fully saturated rings. The Morgan fingerprint density at radius 3 is 2.58 bits per heavy atom. The minimum atomic E-state index is -0.258. The highest BCUT2D eigenvalue weighted by Gasteiger charge is 2.26. The van der Waals surface area contributed by atoms with Gasteiger partial charge < -0.3 is 15.5 Å². The summed E-state index contributed by atoms with van der Waals surface area (Å²) in [5, 5.41) is 2.94. The van der Waals surface area contributed by atoms with Gasteiger partial charge in [-0.05, 0) is 31.5 Å². The highest BCUT2D eigenvalue weighted by Crippen LogP contribution is 2.26. The predicted octanol–water partition coefficient (Wildman–Crippen LogP) is 1.82. The molecule has 0 bridgehead atoms. The number of carbonyl (C=O) groups excluding carboxylic acids is 2. The third-order valence-electron chi connectivity index (χ3n) is 6.31. The normalized spacial score (nSPS) is 18.9. The van der Waals surface area contributed by atoms with E-state index < -0.39 is 0 Å². The Morgan fingerprint density at radius 2 is 1.87 bits per heavy atom. The fourth-order valence-corrected chi connectivity index (χ4v) is 5.08. The molecule has 2 amide bonds. The molecule has 2 saturated heterocycles. The summed E-state index contributed by atoms with van der Waals surface area (Å²) in [7, 11) is 2.17. The molecule has 3 heterocycles. The summed E-state index contributed by atoms with van der Waals surface area (Å²) in [6.45, 7) is 6.57. The van der Waals surface area contributed by atoms with Gasteiger partial charge >= 0.3 is 0 Å². The van der Waals surface area contributed by atoms with E-state index in [0.29, 0.717) is 32.4 Å². The number of primary amides is 1. The van der Waals surface area contributed by atoms with Gasteiger partial charge in [-0.1, -0.05) is 18.2 Å². The summed E-state index contributed by atoms with van der Waals surface area (Å²) in [6.07, 6.45) is 1.62. The van der Waals surface area contributed by atoms with Crippen molar-refractivity contribution in [1.82, 2.24) is 19.7 Å². The number of carbonyl (C=O) groups is 2. The molecule has 2 aliphatic heterocycles. The molecule has 1 aromatic heterocycles. The van der Waals surface area contributed by atoms with Gasteiger partial charge in [0.25, 0.3) is 0 Å². The number of piperazine rings is 1.